The number of rotatable bonds is 5. The van der Waals surface area contributed by atoms with Crippen molar-refractivity contribution < 1.29 is 26.3 Å². The minimum Gasteiger partial charge on any atom is -0.360 e. The molecule has 25 heavy (non-hydrogen) atoms. The van der Waals surface area contributed by atoms with Gasteiger partial charge in [-0.1, -0.05) is 20.5 Å². The molecule has 0 bridgehead atoms. The Morgan fingerprint density at radius 3 is 2.28 bits per heavy atom. The fourth-order valence-electron chi connectivity index (χ4n) is 2.04. The van der Waals surface area contributed by atoms with Gasteiger partial charge in [0, 0.05) is 13.1 Å². The highest BCUT2D eigenvalue weighted by Crippen LogP contribution is 2.31. The highest BCUT2D eigenvalue weighted by Gasteiger charge is 2.37. The Morgan fingerprint density at radius 1 is 1.20 bits per heavy atom. The largest absolute Gasteiger partial charge is 0.360 e. The summed E-state index contributed by atoms with van der Waals surface area (Å²) in [6.07, 6.45) is 0. The van der Waals surface area contributed by atoms with E-state index in [0.717, 1.165) is 19.2 Å². The van der Waals surface area contributed by atoms with Crippen LogP contribution in [-0.2, 0) is 20.0 Å². The highest BCUT2D eigenvalue weighted by atomic mass is 35.5. The first-order valence-corrected chi connectivity index (χ1v) is 9.77. The Hall–Kier alpha value is -2.02. The van der Waals surface area contributed by atoms with Crippen LogP contribution in [0.25, 0.3) is 0 Å². The van der Waals surface area contributed by atoms with E-state index < -0.39 is 35.6 Å². The molecule has 0 aliphatic heterocycles. The molecule has 0 unspecified atom stereocenters. The van der Waals surface area contributed by atoms with Crippen molar-refractivity contribution in [3.05, 3.63) is 44.8 Å². The average Bonchev–Trinajstić information content (AvgIpc) is 2.85. The summed E-state index contributed by atoms with van der Waals surface area (Å²) < 4.78 is 55.4. The molecule has 0 atom stereocenters. The zero-order valence-electron chi connectivity index (χ0n) is 13.1. The standard InChI is InChI=1S/C12H12ClN3O7S2/c1-7-12(8(2)23-14-7)25(21,22)15(3)24(19,20)9-4-5-10(13)11(6-9)16(17)18/h4-6H,1-3H3. The van der Waals surface area contributed by atoms with Crippen LogP contribution in [0.5, 0.6) is 0 Å². The van der Waals surface area contributed by atoms with E-state index >= 15 is 0 Å². The molecule has 2 aromatic rings. The number of sulfonamides is 2. The van der Waals surface area contributed by atoms with Gasteiger partial charge in [-0.25, -0.2) is 16.8 Å². The third kappa shape index (κ3) is 3.25. The average molecular weight is 410 g/mol. The van der Waals surface area contributed by atoms with Crippen LogP contribution in [0.1, 0.15) is 11.5 Å². The maximum atomic E-state index is 12.6. The summed E-state index contributed by atoms with van der Waals surface area (Å²) in [6, 6.07) is 2.67. The van der Waals surface area contributed by atoms with Gasteiger partial charge in [-0.3, -0.25) is 10.1 Å². The van der Waals surface area contributed by atoms with E-state index in [1.165, 1.54) is 13.8 Å². The van der Waals surface area contributed by atoms with Gasteiger partial charge in [0.25, 0.3) is 25.7 Å². The first-order chi connectivity index (χ1) is 11.4. The molecule has 0 radical (unpaired) electrons. The number of aryl methyl sites for hydroxylation is 2. The van der Waals surface area contributed by atoms with Crippen molar-refractivity contribution in [1.82, 2.24) is 8.87 Å². The van der Waals surface area contributed by atoms with Crippen LogP contribution in [0.3, 0.4) is 0 Å². The highest BCUT2D eigenvalue weighted by molar-refractivity contribution is 8.04. The summed E-state index contributed by atoms with van der Waals surface area (Å²) in [4.78, 5) is 9.06. The number of halogens is 1. The summed E-state index contributed by atoms with van der Waals surface area (Å²) >= 11 is 5.64. The van der Waals surface area contributed by atoms with Crippen LogP contribution in [0, 0.1) is 24.0 Å². The van der Waals surface area contributed by atoms with Gasteiger partial charge in [-0.15, -0.1) is 0 Å². The van der Waals surface area contributed by atoms with Crippen LogP contribution in [-0.4, -0.2) is 37.7 Å². The lowest BCUT2D eigenvalue weighted by Crippen LogP contribution is -2.33. The molecule has 1 aromatic heterocycles. The number of nitro benzene ring substituents is 1. The Balaban J connectivity index is 2.61. The summed E-state index contributed by atoms with van der Waals surface area (Å²) in [5.74, 6) is -0.0818. The van der Waals surface area contributed by atoms with E-state index in [-0.39, 0.29) is 25.1 Å². The molecule has 0 saturated carbocycles. The van der Waals surface area contributed by atoms with Gasteiger partial charge in [-0.05, 0) is 26.0 Å². The predicted octanol–water partition coefficient (Wildman–Crippen LogP) is 1.86. The van der Waals surface area contributed by atoms with Crippen molar-refractivity contribution in [1.29, 1.82) is 0 Å². The van der Waals surface area contributed by atoms with E-state index in [0.29, 0.717) is 6.07 Å². The van der Waals surface area contributed by atoms with E-state index in [2.05, 4.69) is 5.16 Å². The van der Waals surface area contributed by atoms with E-state index in [9.17, 15) is 26.9 Å². The van der Waals surface area contributed by atoms with E-state index in [4.69, 9.17) is 16.1 Å². The van der Waals surface area contributed by atoms with Crippen LogP contribution in [0.15, 0.2) is 32.5 Å². The molecule has 0 spiro atoms. The van der Waals surface area contributed by atoms with Crippen LogP contribution in [0.4, 0.5) is 5.69 Å². The number of hydrogen-bond donors (Lipinski definition) is 0. The maximum absolute atomic E-state index is 12.6. The molecule has 0 N–H and O–H groups in total. The third-order valence-electron chi connectivity index (χ3n) is 3.31. The normalized spacial score (nSPS) is 12.5. The SMILES string of the molecule is Cc1noc(C)c1S(=O)(=O)N(C)S(=O)(=O)c1ccc(Cl)c([N+](=O)[O-])c1. The minimum absolute atomic E-state index is 0.0124. The monoisotopic (exact) mass is 409 g/mol. The third-order valence-corrected chi connectivity index (χ3v) is 8.11. The lowest BCUT2D eigenvalue weighted by Gasteiger charge is -2.17. The zero-order chi connectivity index (χ0) is 19.2. The van der Waals surface area contributed by atoms with Crippen molar-refractivity contribution in [2.24, 2.45) is 0 Å². The Bertz CT molecular complexity index is 1040. The molecule has 0 amide bonds. The van der Waals surface area contributed by atoms with Gasteiger partial charge in [0.2, 0.25) is 0 Å². The van der Waals surface area contributed by atoms with E-state index in [1.54, 1.807) is 0 Å². The Labute approximate surface area is 148 Å². The Morgan fingerprint density at radius 2 is 1.80 bits per heavy atom. The molecule has 0 fully saturated rings. The van der Waals surface area contributed by atoms with Crippen LogP contribution in [0.2, 0.25) is 5.02 Å². The molecule has 0 saturated heterocycles. The molecule has 136 valence electrons. The second-order valence-corrected chi connectivity index (χ2v) is 9.43. The number of benzene rings is 1. The topological polar surface area (TPSA) is 141 Å². The summed E-state index contributed by atoms with van der Waals surface area (Å²) in [6.45, 7) is 2.66. The van der Waals surface area contributed by atoms with E-state index in [1.807, 2.05) is 0 Å². The van der Waals surface area contributed by atoms with Gasteiger partial charge in [0.1, 0.15) is 15.6 Å². The molecule has 0 aliphatic carbocycles. The molecular weight excluding hydrogens is 398 g/mol. The quantitative estimate of drug-likeness (QED) is 0.538. The molecule has 0 aliphatic rings. The number of nitro groups is 1. The molecule has 10 nitrogen and oxygen atoms in total. The van der Waals surface area contributed by atoms with Gasteiger partial charge in [-0.2, -0.15) is 0 Å². The fourth-order valence-corrected chi connectivity index (χ4v) is 5.61. The Kier molecular flexibility index (Phi) is 4.92. The van der Waals surface area contributed by atoms with Gasteiger partial charge >= 0.3 is 0 Å². The van der Waals surface area contributed by atoms with Crippen LogP contribution >= 0.6 is 11.6 Å². The lowest BCUT2D eigenvalue weighted by molar-refractivity contribution is -0.384. The summed E-state index contributed by atoms with van der Waals surface area (Å²) in [7, 11) is -8.32. The molecule has 13 heteroatoms. The molecule has 2 rings (SSSR count). The summed E-state index contributed by atoms with van der Waals surface area (Å²) in [5.41, 5.74) is -0.674. The summed E-state index contributed by atoms with van der Waals surface area (Å²) in [5, 5.41) is 14.1. The smallest absolute Gasteiger partial charge is 0.289 e. The second kappa shape index (κ2) is 6.37. The van der Waals surface area contributed by atoms with Gasteiger partial charge in [0.15, 0.2) is 5.76 Å². The van der Waals surface area contributed by atoms with Crippen molar-refractivity contribution in [2.75, 3.05) is 7.05 Å². The number of aromatic nitrogens is 1. The molecular formula is C12H12ClN3O7S2. The maximum Gasteiger partial charge on any atom is 0.289 e. The number of nitrogens with zero attached hydrogens (tertiary/aromatic N) is 3. The van der Waals surface area contributed by atoms with Crippen molar-refractivity contribution in [3.63, 3.8) is 0 Å². The second-order valence-electron chi connectivity index (χ2n) is 4.91. The predicted molar refractivity (Wildman–Crippen MR) is 86.2 cm³/mol. The fraction of sp³-hybridized carbons (Fsp3) is 0.250. The van der Waals surface area contributed by atoms with Gasteiger partial charge in [0.05, 0.1) is 9.82 Å². The first kappa shape index (κ1) is 19.3. The molecule has 1 heterocycles. The van der Waals surface area contributed by atoms with Crippen LogP contribution < -0.4 is 0 Å². The number of hydrogen-bond acceptors (Lipinski definition) is 8. The van der Waals surface area contributed by atoms with Crippen molar-refractivity contribution >= 4 is 37.3 Å². The zero-order valence-corrected chi connectivity index (χ0v) is 15.5. The van der Waals surface area contributed by atoms with Crippen molar-refractivity contribution in [3.8, 4) is 0 Å². The minimum atomic E-state index is -4.62. The van der Waals surface area contributed by atoms with Gasteiger partial charge < -0.3 is 4.52 Å². The molecule has 1 aromatic carbocycles. The first-order valence-electron chi connectivity index (χ1n) is 6.51. The van der Waals surface area contributed by atoms with Crippen molar-refractivity contribution in [2.45, 2.75) is 23.6 Å². The lowest BCUT2D eigenvalue weighted by atomic mass is 10.3.